The van der Waals surface area contributed by atoms with Gasteiger partial charge in [-0.25, -0.2) is 14.5 Å². The normalized spacial score (nSPS) is 11.0. The van der Waals surface area contributed by atoms with Gasteiger partial charge in [0.1, 0.15) is 4.60 Å². The largest absolute Gasteiger partial charge is 0.476 e. The highest BCUT2D eigenvalue weighted by Crippen LogP contribution is 2.30. The molecule has 0 spiro atoms. The summed E-state index contributed by atoms with van der Waals surface area (Å²) in [6.07, 6.45) is 1.54. The molecule has 0 bridgehead atoms. The molecule has 7 heteroatoms. The Morgan fingerprint density at radius 3 is 2.74 bits per heavy atom. The molecule has 5 nitrogen and oxygen atoms in total. The highest BCUT2D eigenvalue weighted by Gasteiger charge is 2.26. The first-order valence-electron chi connectivity index (χ1n) is 5.56. The Morgan fingerprint density at radius 1 is 1.53 bits per heavy atom. The Hall–Kier alpha value is -1.40. The van der Waals surface area contributed by atoms with Gasteiger partial charge in [0.2, 0.25) is 0 Å². The number of aromatic nitrogens is 3. The third-order valence-corrected chi connectivity index (χ3v) is 3.48. The second kappa shape index (κ2) is 5.30. The lowest BCUT2D eigenvalue weighted by atomic mass is 10.0. The molecule has 0 atom stereocenters. The summed E-state index contributed by atoms with van der Waals surface area (Å²) in [7, 11) is 0. The van der Waals surface area contributed by atoms with Crippen molar-refractivity contribution in [2.24, 2.45) is 0 Å². The SMILES string of the molecule is CC(C)c1c(Br)nn(-c2ncccc2Cl)c1C(=O)O. The van der Waals surface area contributed by atoms with Crippen LogP contribution in [0.3, 0.4) is 0 Å². The number of hydrogen-bond donors (Lipinski definition) is 1. The molecule has 0 aliphatic carbocycles. The summed E-state index contributed by atoms with van der Waals surface area (Å²) in [5, 5.41) is 13.9. The van der Waals surface area contributed by atoms with E-state index in [4.69, 9.17) is 11.6 Å². The van der Waals surface area contributed by atoms with Gasteiger partial charge in [0.15, 0.2) is 11.5 Å². The number of pyridine rings is 1. The fourth-order valence-corrected chi connectivity index (χ4v) is 2.81. The second-order valence-corrected chi connectivity index (χ2v) is 5.39. The van der Waals surface area contributed by atoms with Crippen LogP contribution in [0.2, 0.25) is 5.02 Å². The molecule has 2 heterocycles. The number of hydrogen-bond acceptors (Lipinski definition) is 3. The lowest BCUT2D eigenvalue weighted by Crippen LogP contribution is -2.12. The molecule has 0 radical (unpaired) electrons. The van der Waals surface area contributed by atoms with Crippen LogP contribution in [-0.2, 0) is 0 Å². The van der Waals surface area contributed by atoms with Crippen molar-refractivity contribution in [3.05, 3.63) is 39.2 Å². The molecule has 2 aromatic rings. The van der Waals surface area contributed by atoms with Crippen molar-refractivity contribution >= 4 is 33.5 Å². The van der Waals surface area contributed by atoms with Gasteiger partial charge in [-0.3, -0.25) is 0 Å². The standard InChI is InChI=1S/C12H11BrClN3O2/c1-6(2)8-9(12(18)19)17(16-10(8)13)11-7(14)4-3-5-15-11/h3-6H,1-2H3,(H,18,19). The van der Waals surface area contributed by atoms with E-state index in [0.29, 0.717) is 21.0 Å². The quantitative estimate of drug-likeness (QED) is 0.925. The van der Waals surface area contributed by atoms with Crippen LogP contribution in [0.1, 0.15) is 35.8 Å². The molecule has 0 amide bonds. The van der Waals surface area contributed by atoms with Crippen molar-refractivity contribution in [1.82, 2.24) is 14.8 Å². The van der Waals surface area contributed by atoms with Gasteiger partial charge in [-0.15, -0.1) is 0 Å². The zero-order valence-electron chi connectivity index (χ0n) is 10.3. The maximum absolute atomic E-state index is 11.5. The van der Waals surface area contributed by atoms with E-state index in [0.717, 1.165) is 0 Å². The van der Waals surface area contributed by atoms with E-state index < -0.39 is 5.97 Å². The Kier molecular flexibility index (Phi) is 3.91. The number of carboxylic acids is 1. The monoisotopic (exact) mass is 343 g/mol. The van der Waals surface area contributed by atoms with Crippen molar-refractivity contribution in [3.63, 3.8) is 0 Å². The van der Waals surface area contributed by atoms with Crippen LogP contribution < -0.4 is 0 Å². The van der Waals surface area contributed by atoms with E-state index in [9.17, 15) is 9.90 Å². The van der Waals surface area contributed by atoms with Gasteiger partial charge < -0.3 is 5.11 Å². The molecule has 2 rings (SSSR count). The third-order valence-electron chi connectivity index (χ3n) is 2.60. The van der Waals surface area contributed by atoms with Crippen LogP contribution in [0.4, 0.5) is 0 Å². The van der Waals surface area contributed by atoms with Crippen LogP contribution >= 0.6 is 27.5 Å². The van der Waals surface area contributed by atoms with E-state index in [1.54, 1.807) is 12.1 Å². The Morgan fingerprint density at radius 2 is 2.21 bits per heavy atom. The van der Waals surface area contributed by atoms with Crippen LogP contribution in [-0.4, -0.2) is 25.8 Å². The Labute approximate surface area is 123 Å². The number of rotatable bonds is 3. The number of nitrogens with zero attached hydrogens (tertiary/aromatic N) is 3. The first kappa shape index (κ1) is 14.0. The summed E-state index contributed by atoms with van der Waals surface area (Å²) in [5.74, 6) is -0.755. The molecule has 0 fully saturated rings. The zero-order chi connectivity index (χ0) is 14.2. The topological polar surface area (TPSA) is 68.0 Å². The van der Waals surface area contributed by atoms with E-state index >= 15 is 0 Å². The van der Waals surface area contributed by atoms with E-state index in [2.05, 4.69) is 26.0 Å². The van der Waals surface area contributed by atoms with Crippen LogP contribution in [0.25, 0.3) is 5.82 Å². The number of aromatic carboxylic acids is 1. The molecule has 2 aromatic heterocycles. The predicted octanol–water partition coefficient (Wildman–Crippen LogP) is 3.50. The average molecular weight is 345 g/mol. The predicted molar refractivity (Wildman–Crippen MR) is 75.1 cm³/mol. The molecule has 19 heavy (non-hydrogen) atoms. The van der Waals surface area contributed by atoms with Gasteiger partial charge in [-0.05, 0) is 34.0 Å². The highest BCUT2D eigenvalue weighted by molar-refractivity contribution is 9.10. The molecule has 0 saturated heterocycles. The van der Waals surface area contributed by atoms with E-state index in [1.807, 2.05) is 13.8 Å². The minimum atomic E-state index is -1.07. The molecule has 100 valence electrons. The van der Waals surface area contributed by atoms with Gasteiger partial charge in [-0.1, -0.05) is 25.4 Å². The summed E-state index contributed by atoms with van der Waals surface area (Å²) in [5.41, 5.74) is 0.691. The average Bonchev–Trinajstić information content (AvgIpc) is 2.67. The number of carbonyl (C=O) groups is 1. The van der Waals surface area contributed by atoms with Crippen molar-refractivity contribution < 1.29 is 9.90 Å². The van der Waals surface area contributed by atoms with Gasteiger partial charge in [0, 0.05) is 11.8 Å². The fraction of sp³-hybridized carbons (Fsp3) is 0.250. The first-order chi connectivity index (χ1) is 8.93. The second-order valence-electron chi connectivity index (χ2n) is 4.23. The van der Waals surface area contributed by atoms with Crippen molar-refractivity contribution in [2.45, 2.75) is 19.8 Å². The minimum absolute atomic E-state index is 0.0108. The van der Waals surface area contributed by atoms with Crippen LogP contribution in [0.5, 0.6) is 0 Å². The fourth-order valence-electron chi connectivity index (χ4n) is 1.81. The minimum Gasteiger partial charge on any atom is -0.476 e. The molecule has 0 unspecified atom stereocenters. The van der Waals surface area contributed by atoms with Gasteiger partial charge in [0.05, 0.1) is 5.02 Å². The summed E-state index contributed by atoms with van der Waals surface area (Å²) >= 11 is 9.34. The van der Waals surface area contributed by atoms with Crippen molar-refractivity contribution in [2.75, 3.05) is 0 Å². The van der Waals surface area contributed by atoms with Crippen molar-refractivity contribution in [3.8, 4) is 5.82 Å². The van der Waals surface area contributed by atoms with E-state index in [1.165, 1.54) is 10.9 Å². The number of halogens is 2. The highest BCUT2D eigenvalue weighted by atomic mass is 79.9. The Bertz CT molecular complexity index is 640. The van der Waals surface area contributed by atoms with Gasteiger partial charge >= 0.3 is 5.97 Å². The van der Waals surface area contributed by atoms with Gasteiger partial charge in [-0.2, -0.15) is 5.10 Å². The van der Waals surface area contributed by atoms with Crippen LogP contribution in [0.15, 0.2) is 22.9 Å². The smallest absolute Gasteiger partial charge is 0.355 e. The summed E-state index contributed by atoms with van der Waals surface area (Å²) in [4.78, 5) is 15.6. The lowest BCUT2D eigenvalue weighted by Gasteiger charge is -2.07. The van der Waals surface area contributed by atoms with Gasteiger partial charge in [0.25, 0.3) is 0 Å². The van der Waals surface area contributed by atoms with Crippen molar-refractivity contribution in [1.29, 1.82) is 0 Å². The molecule has 0 aliphatic rings. The zero-order valence-corrected chi connectivity index (χ0v) is 12.6. The first-order valence-corrected chi connectivity index (χ1v) is 6.73. The third kappa shape index (κ3) is 2.50. The molecular formula is C12H11BrClN3O2. The molecule has 0 aliphatic heterocycles. The maximum atomic E-state index is 11.5. The maximum Gasteiger partial charge on any atom is 0.355 e. The molecule has 0 aromatic carbocycles. The number of carboxylic acid groups (broad SMARTS) is 1. The molecule has 1 N–H and O–H groups in total. The summed E-state index contributed by atoms with van der Waals surface area (Å²) < 4.78 is 1.74. The lowest BCUT2D eigenvalue weighted by molar-refractivity contribution is 0.0685. The van der Waals surface area contributed by atoms with E-state index in [-0.39, 0.29) is 11.6 Å². The molecular weight excluding hydrogens is 334 g/mol. The summed E-state index contributed by atoms with van der Waals surface area (Å²) in [6, 6.07) is 3.31. The van der Waals surface area contributed by atoms with Crippen LogP contribution in [0, 0.1) is 0 Å². The Balaban J connectivity index is 2.75. The summed E-state index contributed by atoms with van der Waals surface area (Å²) in [6.45, 7) is 3.80. The molecule has 0 saturated carbocycles.